The van der Waals surface area contributed by atoms with E-state index in [0.717, 1.165) is 18.2 Å². The van der Waals surface area contributed by atoms with Crippen LogP contribution in [-0.2, 0) is 4.79 Å². The predicted octanol–water partition coefficient (Wildman–Crippen LogP) is 4.03. The van der Waals surface area contributed by atoms with Gasteiger partial charge in [0.2, 0.25) is 5.91 Å². The number of hydrogen-bond acceptors (Lipinski definition) is 1. The molecule has 0 radical (unpaired) electrons. The van der Waals surface area contributed by atoms with Crippen molar-refractivity contribution in [2.24, 2.45) is 11.8 Å². The third-order valence-electron chi connectivity index (χ3n) is 4.66. The van der Waals surface area contributed by atoms with E-state index in [1.165, 1.54) is 51.4 Å². The van der Waals surface area contributed by atoms with Gasteiger partial charge < -0.3 is 5.32 Å². The van der Waals surface area contributed by atoms with Crippen LogP contribution in [0.1, 0.15) is 64.2 Å². The fourth-order valence-corrected chi connectivity index (χ4v) is 4.21. The van der Waals surface area contributed by atoms with Gasteiger partial charge >= 0.3 is 0 Å². The molecule has 2 fully saturated rings. The molecule has 2 rings (SSSR count). The molecule has 104 valence electrons. The molecule has 1 N–H and O–H groups in total. The lowest BCUT2D eigenvalue weighted by Crippen LogP contribution is -2.41. The van der Waals surface area contributed by atoms with Gasteiger partial charge in [-0.15, -0.1) is 0 Å². The van der Waals surface area contributed by atoms with Crippen LogP contribution in [-0.4, -0.2) is 17.3 Å². The average molecular weight is 316 g/mol. The lowest BCUT2D eigenvalue weighted by molar-refractivity contribution is -0.126. The first-order valence-electron chi connectivity index (χ1n) is 7.67. The van der Waals surface area contributed by atoms with Gasteiger partial charge in [-0.25, -0.2) is 0 Å². The Morgan fingerprint density at radius 3 is 2.28 bits per heavy atom. The fraction of sp³-hybridized carbons (Fsp3) is 0.933. The highest BCUT2D eigenvalue weighted by Crippen LogP contribution is 2.28. The number of amides is 1. The minimum Gasteiger partial charge on any atom is -0.353 e. The fourth-order valence-electron chi connectivity index (χ4n) is 3.43. The number of rotatable bonds is 3. The molecule has 2 unspecified atom stereocenters. The highest BCUT2D eigenvalue weighted by atomic mass is 79.9. The molecule has 0 spiro atoms. The van der Waals surface area contributed by atoms with Crippen molar-refractivity contribution in [3.63, 3.8) is 0 Å². The Kier molecular flexibility index (Phi) is 6.00. The standard InChI is InChI=1S/C15H26BrNO/c16-11-13-9-6-10-14(13)17-15(18)12-7-4-2-1-3-5-8-12/h12-14H,1-11H2,(H,17,18). The van der Waals surface area contributed by atoms with E-state index < -0.39 is 0 Å². The second-order valence-electron chi connectivity index (χ2n) is 6.00. The number of nitrogens with one attached hydrogen (secondary N) is 1. The van der Waals surface area contributed by atoms with Crippen LogP contribution < -0.4 is 5.32 Å². The lowest BCUT2D eigenvalue weighted by atomic mass is 9.90. The van der Waals surface area contributed by atoms with Gasteiger partial charge in [-0.1, -0.05) is 54.5 Å². The molecule has 0 saturated heterocycles. The predicted molar refractivity (Wildman–Crippen MR) is 78.9 cm³/mol. The summed E-state index contributed by atoms with van der Waals surface area (Å²) in [5.41, 5.74) is 0. The summed E-state index contributed by atoms with van der Waals surface area (Å²) in [4.78, 5) is 12.4. The zero-order valence-corrected chi connectivity index (χ0v) is 12.9. The van der Waals surface area contributed by atoms with E-state index in [-0.39, 0.29) is 0 Å². The van der Waals surface area contributed by atoms with Crippen LogP contribution in [0.15, 0.2) is 0 Å². The van der Waals surface area contributed by atoms with Gasteiger partial charge in [0.1, 0.15) is 0 Å². The molecule has 0 aromatic carbocycles. The normalized spacial score (nSPS) is 30.7. The van der Waals surface area contributed by atoms with Gasteiger partial charge in [0.15, 0.2) is 0 Å². The Morgan fingerprint density at radius 1 is 0.944 bits per heavy atom. The summed E-state index contributed by atoms with van der Waals surface area (Å²) >= 11 is 3.57. The Labute approximate surface area is 119 Å². The van der Waals surface area contributed by atoms with Crippen LogP contribution in [0.25, 0.3) is 0 Å². The molecule has 0 aliphatic heterocycles. The van der Waals surface area contributed by atoms with E-state index in [0.29, 0.717) is 23.8 Å². The lowest BCUT2D eigenvalue weighted by Gasteiger charge is -2.24. The second kappa shape index (κ2) is 7.52. The monoisotopic (exact) mass is 315 g/mol. The van der Waals surface area contributed by atoms with E-state index in [1.54, 1.807) is 0 Å². The molecule has 2 aliphatic rings. The first-order valence-corrected chi connectivity index (χ1v) is 8.79. The van der Waals surface area contributed by atoms with Crippen molar-refractivity contribution in [3.8, 4) is 0 Å². The summed E-state index contributed by atoms with van der Waals surface area (Å²) in [6.07, 6.45) is 12.4. The Balaban J connectivity index is 1.82. The smallest absolute Gasteiger partial charge is 0.223 e. The Hall–Kier alpha value is -0.0500. The average Bonchev–Trinajstić information content (AvgIpc) is 2.75. The molecular formula is C15H26BrNO. The SMILES string of the molecule is O=C(NC1CCCC1CBr)C1CCCCCCC1. The summed E-state index contributed by atoms with van der Waals surface area (Å²) in [6.45, 7) is 0. The molecule has 1 amide bonds. The maximum atomic E-state index is 12.4. The number of halogens is 1. The van der Waals surface area contributed by atoms with Crippen LogP contribution in [0.3, 0.4) is 0 Å². The molecule has 18 heavy (non-hydrogen) atoms. The van der Waals surface area contributed by atoms with Crippen LogP contribution >= 0.6 is 15.9 Å². The van der Waals surface area contributed by atoms with Gasteiger partial charge in [0, 0.05) is 17.3 Å². The van der Waals surface area contributed by atoms with Crippen molar-refractivity contribution in [3.05, 3.63) is 0 Å². The molecule has 0 aromatic rings. The molecule has 0 aromatic heterocycles. The summed E-state index contributed by atoms with van der Waals surface area (Å²) < 4.78 is 0. The molecule has 2 atom stereocenters. The van der Waals surface area contributed by atoms with Crippen LogP contribution in [0, 0.1) is 11.8 Å². The topological polar surface area (TPSA) is 29.1 Å². The minimum atomic E-state index is 0.293. The Morgan fingerprint density at radius 2 is 1.61 bits per heavy atom. The third-order valence-corrected chi connectivity index (χ3v) is 5.49. The molecular weight excluding hydrogens is 290 g/mol. The maximum Gasteiger partial charge on any atom is 0.223 e. The van der Waals surface area contributed by atoms with Gasteiger partial charge in [0.25, 0.3) is 0 Å². The minimum absolute atomic E-state index is 0.293. The molecule has 0 bridgehead atoms. The molecule has 3 heteroatoms. The van der Waals surface area contributed by atoms with Crippen molar-refractivity contribution in [1.82, 2.24) is 5.32 Å². The molecule has 2 aliphatic carbocycles. The third kappa shape index (κ3) is 3.97. The van der Waals surface area contributed by atoms with Crippen LogP contribution in [0.4, 0.5) is 0 Å². The highest BCUT2D eigenvalue weighted by Gasteiger charge is 2.29. The van der Waals surface area contributed by atoms with Gasteiger partial charge in [-0.3, -0.25) is 4.79 Å². The van der Waals surface area contributed by atoms with E-state index in [1.807, 2.05) is 0 Å². The van der Waals surface area contributed by atoms with E-state index >= 15 is 0 Å². The van der Waals surface area contributed by atoms with Crippen molar-refractivity contribution in [2.75, 3.05) is 5.33 Å². The van der Waals surface area contributed by atoms with E-state index in [9.17, 15) is 4.79 Å². The molecule has 0 heterocycles. The van der Waals surface area contributed by atoms with Crippen molar-refractivity contribution >= 4 is 21.8 Å². The quantitative estimate of drug-likeness (QED) is 0.783. The van der Waals surface area contributed by atoms with E-state index in [4.69, 9.17) is 0 Å². The zero-order valence-electron chi connectivity index (χ0n) is 11.3. The number of alkyl halides is 1. The molecule has 2 nitrogen and oxygen atoms in total. The van der Waals surface area contributed by atoms with Gasteiger partial charge in [-0.2, -0.15) is 0 Å². The Bertz CT molecular complexity index is 261. The summed E-state index contributed by atoms with van der Waals surface area (Å²) in [7, 11) is 0. The van der Waals surface area contributed by atoms with Crippen LogP contribution in [0.5, 0.6) is 0 Å². The zero-order chi connectivity index (χ0) is 12.8. The first-order chi connectivity index (χ1) is 8.81. The van der Waals surface area contributed by atoms with Gasteiger partial charge in [0.05, 0.1) is 0 Å². The van der Waals surface area contributed by atoms with Crippen molar-refractivity contribution in [1.29, 1.82) is 0 Å². The van der Waals surface area contributed by atoms with Crippen molar-refractivity contribution < 1.29 is 4.79 Å². The van der Waals surface area contributed by atoms with E-state index in [2.05, 4.69) is 21.2 Å². The largest absolute Gasteiger partial charge is 0.353 e. The maximum absolute atomic E-state index is 12.4. The van der Waals surface area contributed by atoms with Crippen LogP contribution in [0.2, 0.25) is 0 Å². The summed E-state index contributed by atoms with van der Waals surface area (Å²) in [6, 6.07) is 0.433. The van der Waals surface area contributed by atoms with Gasteiger partial charge in [-0.05, 0) is 31.6 Å². The number of hydrogen-bond donors (Lipinski definition) is 1. The highest BCUT2D eigenvalue weighted by molar-refractivity contribution is 9.09. The number of carbonyl (C=O) groups is 1. The number of carbonyl (C=O) groups excluding carboxylic acids is 1. The summed E-state index contributed by atoms with van der Waals surface area (Å²) in [5, 5.41) is 4.36. The van der Waals surface area contributed by atoms with Crippen molar-refractivity contribution in [2.45, 2.75) is 70.3 Å². The summed E-state index contributed by atoms with van der Waals surface area (Å²) in [5.74, 6) is 1.29. The molecule has 2 saturated carbocycles. The second-order valence-corrected chi connectivity index (χ2v) is 6.65. The first kappa shape index (κ1) is 14.4.